The molecule has 6 aromatic carbocycles. The maximum atomic E-state index is 14.5. The van der Waals surface area contributed by atoms with Gasteiger partial charge in [0.2, 0.25) is 0 Å². The summed E-state index contributed by atoms with van der Waals surface area (Å²) in [5.74, 6) is -1.71. The number of aromatic nitrogens is 1. The second-order valence-corrected chi connectivity index (χ2v) is 10.5. The van der Waals surface area contributed by atoms with E-state index in [2.05, 4.69) is 41.4 Å². The maximum Gasteiger partial charge on any atom is 0.126 e. The van der Waals surface area contributed by atoms with Crippen LogP contribution in [0.15, 0.2) is 152 Å². The number of fused-ring (bicyclic) bond motifs is 1. The summed E-state index contributed by atoms with van der Waals surface area (Å²) in [5, 5.41) is 1.83. The minimum absolute atomic E-state index is 0.372. The molecule has 2 nitrogen and oxygen atoms in total. The van der Waals surface area contributed by atoms with Gasteiger partial charge >= 0.3 is 0 Å². The summed E-state index contributed by atoms with van der Waals surface area (Å²) in [6.45, 7) is 0. The topological polar surface area (TPSA) is 16.1 Å². The molecule has 0 saturated heterocycles. The monoisotopic (exact) mass is 578 g/mol. The zero-order valence-corrected chi connectivity index (χ0v) is 23.5. The SMILES string of the molecule is Fc1ccc(N(c2ccccc2-c2cc(F)cc(F)c2)c2cncc3c(-c4ccccc4)cc(-c4ccccc4)cc23)cc1. The number of anilines is 3. The Balaban J connectivity index is 1.55. The zero-order chi connectivity index (χ0) is 30.0. The van der Waals surface area contributed by atoms with E-state index in [1.165, 1.54) is 24.3 Å². The van der Waals surface area contributed by atoms with E-state index in [0.29, 0.717) is 22.5 Å². The summed E-state index contributed by atoms with van der Waals surface area (Å²) >= 11 is 0. The number of pyridine rings is 1. The molecule has 0 bridgehead atoms. The van der Waals surface area contributed by atoms with Crippen molar-refractivity contribution in [2.75, 3.05) is 4.90 Å². The van der Waals surface area contributed by atoms with Crippen LogP contribution in [0.3, 0.4) is 0 Å². The van der Waals surface area contributed by atoms with E-state index in [4.69, 9.17) is 0 Å². The quantitative estimate of drug-likeness (QED) is 0.195. The molecule has 0 aliphatic rings. The minimum Gasteiger partial charge on any atom is -0.308 e. The van der Waals surface area contributed by atoms with Crippen LogP contribution in [0.5, 0.6) is 0 Å². The highest BCUT2D eigenvalue weighted by molar-refractivity contribution is 6.08. The van der Waals surface area contributed by atoms with E-state index >= 15 is 0 Å². The van der Waals surface area contributed by atoms with Crippen molar-refractivity contribution >= 4 is 27.8 Å². The summed E-state index contributed by atoms with van der Waals surface area (Å²) in [5.41, 5.74) is 7.16. The Labute approximate surface area is 253 Å². The summed E-state index contributed by atoms with van der Waals surface area (Å²) in [6, 6.07) is 41.7. The molecule has 0 unspecified atom stereocenters. The predicted octanol–water partition coefficient (Wildman–Crippen LogP) is 11.1. The van der Waals surface area contributed by atoms with Crippen LogP contribution in [0.1, 0.15) is 0 Å². The molecule has 7 rings (SSSR count). The molecule has 0 saturated carbocycles. The normalized spacial score (nSPS) is 11.1. The van der Waals surface area contributed by atoms with Crippen LogP contribution in [0.2, 0.25) is 0 Å². The fraction of sp³-hybridized carbons (Fsp3) is 0. The van der Waals surface area contributed by atoms with Gasteiger partial charge in [-0.25, -0.2) is 13.2 Å². The van der Waals surface area contributed by atoms with E-state index < -0.39 is 11.6 Å². The number of nitrogens with zero attached hydrogens (tertiary/aromatic N) is 2. The van der Waals surface area contributed by atoms with Crippen LogP contribution in [-0.2, 0) is 0 Å². The molecule has 1 aromatic heterocycles. The van der Waals surface area contributed by atoms with Crippen molar-refractivity contribution in [3.05, 3.63) is 169 Å². The molecule has 1 heterocycles. The molecule has 44 heavy (non-hydrogen) atoms. The molecule has 0 radical (unpaired) electrons. The third-order valence-corrected chi connectivity index (χ3v) is 7.69. The molecule has 0 aliphatic carbocycles. The number of hydrogen-bond acceptors (Lipinski definition) is 2. The first-order chi connectivity index (χ1) is 21.5. The van der Waals surface area contributed by atoms with E-state index in [9.17, 15) is 13.2 Å². The number of para-hydroxylation sites is 1. The van der Waals surface area contributed by atoms with Crippen molar-refractivity contribution in [1.29, 1.82) is 0 Å². The molecule has 212 valence electrons. The number of hydrogen-bond donors (Lipinski definition) is 0. The lowest BCUT2D eigenvalue weighted by Gasteiger charge is -2.29. The predicted molar refractivity (Wildman–Crippen MR) is 173 cm³/mol. The Hall–Kier alpha value is -5.68. The molecular formula is C39H25F3N2. The molecule has 5 heteroatoms. The van der Waals surface area contributed by atoms with Gasteiger partial charge in [-0.2, -0.15) is 0 Å². The standard InChI is InChI=1S/C39H25F3N2/c40-30-15-17-33(18-16-30)44(38-14-8-7-13-34(38)29-19-31(41)23-32(42)20-29)39-25-43-24-37-35(27-11-5-2-6-12-27)21-28(22-36(37)39)26-9-3-1-4-10-26/h1-25H. The van der Waals surface area contributed by atoms with E-state index in [1.807, 2.05) is 71.8 Å². The van der Waals surface area contributed by atoms with Crippen LogP contribution in [0.25, 0.3) is 44.2 Å². The minimum atomic E-state index is -0.671. The van der Waals surface area contributed by atoms with Gasteiger partial charge in [0.1, 0.15) is 17.5 Å². The summed E-state index contributed by atoms with van der Waals surface area (Å²) < 4.78 is 43.1. The number of halogens is 3. The van der Waals surface area contributed by atoms with Crippen LogP contribution in [-0.4, -0.2) is 4.98 Å². The molecule has 0 fully saturated rings. The highest BCUT2D eigenvalue weighted by atomic mass is 19.1. The first-order valence-electron chi connectivity index (χ1n) is 14.2. The molecule has 0 aliphatic heterocycles. The van der Waals surface area contributed by atoms with Gasteiger partial charge in [-0.1, -0.05) is 78.9 Å². The highest BCUT2D eigenvalue weighted by Gasteiger charge is 2.22. The van der Waals surface area contributed by atoms with Gasteiger partial charge in [-0.3, -0.25) is 4.98 Å². The average Bonchev–Trinajstić information content (AvgIpc) is 3.06. The van der Waals surface area contributed by atoms with Gasteiger partial charge in [-0.15, -0.1) is 0 Å². The Morgan fingerprint density at radius 2 is 1.05 bits per heavy atom. The first kappa shape index (κ1) is 27.2. The third-order valence-electron chi connectivity index (χ3n) is 7.69. The largest absolute Gasteiger partial charge is 0.308 e. The second kappa shape index (κ2) is 11.5. The van der Waals surface area contributed by atoms with Crippen molar-refractivity contribution in [3.63, 3.8) is 0 Å². The lowest BCUT2D eigenvalue weighted by atomic mass is 9.93. The van der Waals surface area contributed by atoms with Crippen LogP contribution >= 0.6 is 0 Å². The summed E-state index contributed by atoms with van der Waals surface area (Å²) in [6.07, 6.45) is 3.63. The zero-order valence-electron chi connectivity index (χ0n) is 23.5. The number of benzene rings is 6. The van der Waals surface area contributed by atoms with Gasteiger partial charge < -0.3 is 4.90 Å². The van der Waals surface area contributed by atoms with Gasteiger partial charge in [0.15, 0.2) is 0 Å². The first-order valence-corrected chi connectivity index (χ1v) is 14.2. The van der Waals surface area contributed by atoms with Crippen molar-refractivity contribution in [1.82, 2.24) is 4.98 Å². The Kier molecular flexibility index (Phi) is 7.13. The van der Waals surface area contributed by atoms with Crippen LogP contribution in [0, 0.1) is 17.5 Å². The van der Waals surface area contributed by atoms with Crippen LogP contribution < -0.4 is 4.90 Å². The molecule has 0 amide bonds. The lowest BCUT2D eigenvalue weighted by Crippen LogP contribution is -2.12. The van der Waals surface area contributed by atoms with E-state index in [1.54, 1.807) is 18.3 Å². The van der Waals surface area contributed by atoms with Gasteiger partial charge in [0, 0.05) is 34.3 Å². The Bertz CT molecular complexity index is 2070. The van der Waals surface area contributed by atoms with Crippen molar-refractivity contribution in [2.45, 2.75) is 0 Å². The second-order valence-electron chi connectivity index (χ2n) is 10.5. The summed E-state index contributed by atoms with van der Waals surface area (Å²) in [4.78, 5) is 6.65. The average molecular weight is 579 g/mol. The van der Waals surface area contributed by atoms with E-state index in [0.717, 1.165) is 44.8 Å². The smallest absolute Gasteiger partial charge is 0.126 e. The van der Waals surface area contributed by atoms with Crippen molar-refractivity contribution in [2.24, 2.45) is 0 Å². The Morgan fingerprint density at radius 1 is 0.409 bits per heavy atom. The fourth-order valence-corrected chi connectivity index (χ4v) is 5.71. The van der Waals surface area contributed by atoms with Gasteiger partial charge in [-0.05, 0) is 82.4 Å². The molecular weight excluding hydrogens is 553 g/mol. The van der Waals surface area contributed by atoms with Crippen LogP contribution in [0.4, 0.5) is 30.2 Å². The van der Waals surface area contributed by atoms with Gasteiger partial charge in [0.25, 0.3) is 0 Å². The number of rotatable bonds is 6. The fourth-order valence-electron chi connectivity index (χ4n) is 5.71. The van der Waals surface area contributed by atoms with Crippen molar-refractivity contribution < 1.29 is 13.2 Å². The molecule has 0 spiro atoms. The summed E-state index contributed by atoms with van der Waals surface area (Å²) in [7, 11) is 0. The van der Waals surface area contributed by atoms with E-state index in [-0.39, 0.29) is 5.82 Å². The highest BCUT2D eigenvalue weighted by Crippen LogP contribution is 2.45. The maximum absolute atomic E-state index is 14.5. The third kappa shape index (κ3) is 5.20. The Morgan fingerprint density at radius 3 is 1.75 bits per heavy atom. The molecule has 0 atom stereocenters. The van der Waals surface area contributed by atoms with Gasteiger partial charge in [0.05, 0.1) is 17.6 Å². The lowest BCUT2D eigenvalue weighted by molar-refractivity contribution is 0.584. The molecule has 0 N–H and O–H groups in total. The molecule has 7 aromatic rings. The van der Waals surface area contributed by atoms with Crippen molar-refractivity contribution in [3.8, 4) is 33.4 Å².